The summed E-state index contributed by atoms with van der Waals surface area (Å²) in [5.74, 6) is 0. The van der Waals surface area contributed by atoms with Crippen LogP contribution in [0.15, 0.2) is 48.0 Å². The van der Waals surface area contributed by atoms with Gasteiger partial charge in [0.25, 0.3) is 0 Å². The summed E-state index contributed by atoms with van der Waals surface area (Å²) in [6.45, 7) is 5.76. The van der Waals surface area contributed by atoms with Crippen LogP contribution in [0.4, 0.5) is 16.2 Å². The molecule has 0 unspecified atom stereocenters. The molecule has 166 valence electrons. The monoisotopic (exact) mass is 422 g/mol. The number of hydrogen-bond donors (Lipinski definition) is 2. The van der Waals surface area contributed by atoms with Gasteiger partial charge in [-0.3, -0.25) is 4.79 Å². The minimum absolute atomic E-state index is 0.216. The maximum Gasteiger partial charge on any atom is 0.322 e. The van der Waals surface area contributed by atoms with Crippen molar-refractivity contribution in [3.63, 3.8) is 0 Å². The lowest BCUT2D eigenvalue weighted by molar-refractivity contribution is -0.105. The number of rotatable bonds is 10. The number of nitrogens with zero attached hydrogens (tertiary/aromatic N) is 2. The molecular weight excluding hydrogens is 388 g/mol. The lowest BCUT2D eigenvalue weighted by atomic mass is 10.0. The maximum absolute atomic E-state index is 13.0. The standard InChI is InChI=1S/C25H34N4O2/c1-19-12-13-22(24(26-3)20(19)2)16-21(18-30)17-29(15-9-14-28(4)5)25(31)27-23-10-7-6-8-11-23/h6-8,10-13,16,18,26H,9,14-15,17H2,1-5H3,(H,27,31)/b21-16-. The molecule has 0 atom stereocenters. The first-order chi connectivity index (χ1) is 14.8. The van der Waals surface area contributed by atoms with Crippen LogP contribution in [0.3, 0.4) is 0 Å². The molecular formula is C25H34N4O2. The highest BCUT2D eigenvalue weighted by molar-refractivity contribution is 5.91. The number of carbonyl (C=O) groups excluding carboxylic acids is 2. The van der Waals surface area contributed by atoms with Gasteiger partial charge in [0.15, 0.2) is 0 Å². The van der Waals surface area contributed by atoms with E-state index in [1.54, 1.807) is 4.90 Å². The predicted molar refractivity (Wildman–Crippen MR) is 130 cm³/mol. The summed E-state index contributed by atoms with van der Waals surface area (Å²) in [4.78, 5) is 28.6. The summed E-state index contributed by atoms with van der Waals surface area (Å²) in [7, 11) is 5.88. The van der Waals surface area contributed by atoms with Gasteiger partial charge in [0.1, 0.15) is 6.29 Å². The van der Waals surface area contributed by atoms with Gasteiger partial charge < -0.3 is 20.4 Å². The molecule has 0 heterocycles. The van der Waals surface area contributed by atoms with Crippen LogP contribution in [0.2, 0.25) is 0 Å². The molecule has 2 amide bonds. The number of aryl methyl sites for hydroxylation is 1. The first-order valence-corrected chi connectivity index (χ1v) is 10.5. The highest BCUT2D eigenvalue weighted by Gasteiger charge is 2.16. The van der Waals surface area contributed by atoms with E-state index in [4.69, 9.17) is 0 Å². The van der Waals surface area contributed by atoms with Crippen molar-refractivity contribution < 1.29 is 9.59 Å². The summed E-state index contributed by atoms with van der Waals surface area (Å²) in [6.07, 6.45) is 3.51. The van der Waals surface area contributed by atoms with E-state index >= 15 is 0 Å². The molecule has 0 aromatic heterocycles. The number of benzene rings is 2. The van der Waals surface area contributed by atoms with Gasteiger partial charge in [-0.25, -0.2) is 4.79 Å². The van der Waals surface area contributed by atoms with Gasteiger partial charge in [-0.15, -0.1) is 0 Å². The molecule has 0 aliphatic carbocycles. The molecule has 0 radical (unpaired) electrons. The molecule has 0 aliphatic heterocycles. The molecule has 2 rings (SSSR count). The van der Waals surface area contributed by atoms with Crippen LogP contribution < -0.4 is 10.6 Å². The van der Waals surface area contributed by atoms with Crippen LogP contribution in [0.1, 0.15) is 23.1 Å². The maximum atomic E-state index is 13.0. The summed E-state index contributed by atoms with van der Waals surface area (Å²) in [5, 5.41) is 6.16. The summed E-state index contributed by atoms with van der Waals surface area (Å²) >= 11 is 0. The zero-order valence-corrected chi connectivity index (χ0v) is 19.2. The van der Waals surface area contributed by atoms with Gasteiger partial charge in [-0.1, -0.05) is 30.3 Å². The minimum atomic E-state index is -0.216. The van der Waals surface area contributed by atoms with Crippen molar-refractivity contribution in [1.29, 1.82) is 0 Å². The molecule has 6 heteroatoms. The van der Waals surface area contributed by atoms with Gasteiger partial charge in [-0.2, -0.15) is 0 Å². The lowest BCUT2D eigenvalue weighted by Gasteiger charge is -2.24. The molecule has 6 nitrogen and oxygen atoms in total. The van der Waals surface area contributed by atoms with Gasteiger partial charge in [-0.05, 0) is 75.8 Å². The molecule has 0 spiro atoms. The first-order valence-electron chi connectivity index (χ1n) is 10.5. The molecule has 2 aromatic rings. The van der Waals surface area contributed by atoms with Crippen LogP contribution in [-0.4, -0.2) is 62.9 Å². The van der Waals surface area contributed by atoms with Crippen LogP contribution >= 0.6 is 0 Å². The number of aldehydes is 1. The summed E-state index contributed by atoms with van der Waals surface area (Å²) < 4.78 is 0. The van der Waals surface area contributed by atoms with Crippen LogP contribution in [0.5, 0.6) is 0 Å². The number of carbonyl (C=O) groups is 2. The Morgan fingerprint density at radius 1 is 1.03 bits per heavy atom. The second-order valence-corrected chi connectivity index (χ2v) is 7.93. The number of para-hydroxylation sites is 1. The van der Waals surface area contributed by atoms with E-state index in [2.05, 4.69) is 29.4 Å². The Kier molecular flexibility index (Phi) is 9.28. The van der Waals surface area contributed by atoms with E-state index in [-0.39, 0.29) is 12.6 Å². The average molecular weight is 423 g/mol. The van der Waals surface area contributed by atoms with Crippen LogP contribution in [0.25, 0.3) is 6.08 Å². The van der Waals surface area contributed by atoms with Crippen molar-refractivity contribution >= 4 is 29.8 Å². The van der Waals surface area contributed by atoms with E-state index in [1.807, 2.05) is 69.7 Å². The Morgan fingerprint density at radius 2 is 1.74 bits per heavy atom. The van der Waals surface area contributed by atoms with E-state index in [0.29, 0.717) is 12.1 Å². The fourth-order valence-electron chi connectivity index (χ4n) is 3.38. The zero-order valence-electron chi connectivity index (χ0n) is 19.2. The molecule has 31 heavy (non-hydrogen) atoms. The fourth-order valence-corrected chi connectivity index (χ4v) is 3.38. The van der Waals surface area contributed by atoms with Crippen molar-refractivity contribution in [3.8, 4) is 0 Å². The number of amides is 2. The van der Waals surface area contributed by atoms with E-state index in [9.17, 15) is 9.59 Å². The highest BCUT2D eigenvalue weighted by Crippen LogP contribution is 2.25. The van der Waals surface area contributed by atoms with Crippen molar-refractivity contribution in [1.82, 2.24) is 9.80 Å². The number of urea groups is 1. The fraction of sp³-hybridized carbons (Fsp3) is 0.360. The van der Waals surface area contributed by atoms with Gasteiger partial charge in [0.05, 0.1) is 6.54 Å². The molecule has 2 N–H and O–H groups in total. The Balaban J connectivity index is 2.25. The third-order valence-corrected chi connectivity index (χ3v) is 5.23. The van der Waals surface area contributed by atoms with E-state index < -0.39 is 0 Å². The van der Waals surface area contributed by atoms with Crippen molar-refractivity contribution in [2.75, 3.05) is 51.4 Å². The Hall–Kier alpha value is -3.12. The Labute approximate surface area is 185 Å². The smallest absolute Gasteiger partial charge is 0.322 e. The van der Waals surface area contributed by atoms with E-state index in [0.717, 1.165) is 41.8 Å². The number of nitrogens with one attached hydrogen (secondary N) is 2. The summed E-state index contributed by atoms with van der Waals surface area (Å²) in [5.41, 5.74) is 5.53. The topological polar surface area (TPSA) is 64.7 Å². The SMILES string of the molecule is CNc1c(/C=C(\C=O)CN(CCCN(C)C)C(=O)Nc2ccccc2)ccc(C)c1C. The van der Waals surface area contributed by atoms with E-state index in [1.165, 1.54) is 5.56 Å². The largest absolute Gasteiger partial charge is 0.387 e. The second kappa shape index (κ2) is 11.9. The molecule has 0 bridgehead atoms. The predicted octanol–water partition coefficient (Wildman–Crippen LogP) is 4.41. The Bertz CT molecular complexity index is 907. The molecule has 2 aromatic carbocycles. The third-order valence-electron chi connectivity index (χ3n) is 5.23. The third kappa shape index (κ3) is 7.26. The van der Waals surface area contributed by atoms with Crippen LogP contribution in [-0.2, 0) is 4.79 Å². The summed E-state index contributed by atoms with van der Waals surface area (Å²) in [6, 6.07) is 13.2. The highest BCUT2D eigenvalue weighted by atomic mass is 16.2. The van der Waals surface area contributed by atoms with Gasteiger partial charge in [0, 0.05) is 30.5 Å². The van der Waals surface area contributed by atoms with Crippen molar-refractivity contribution in [2.24, 2.45) is 0 Å². The quantitative estimate of drug-likeness (QED) is 0.440. The average Bonchev–Trinajstić information content (AvgIpc) is 2.75. The van der Waals surface area contributed by atoms with Gasteiger partial charge >= 0.3 is 6.03 Å². The number of hydrogen-bond acceptors (Lipinski definition) is 4. The normalized spacial score (nSPS) is 11.4. The Morgan fingerprint density at radius 3 is 2.35 bits per heavy atom. The van der Waals surface area contributed by atoms with Crippen LogP contribution in [0, 0.1) is 13.8 Å². The molecule has 0 fully saturated rings. The molecule has 0 aliphatic rings. The first kappa shape index (κ1) is 24.2. The molecule has 0 saturated carbocycles. The zero-order chi connectivity index (χ0) is 22.8. The van der Waals surface area contributed by atoms with Crippen molar-refractivity contribution in [2.45, 2.75) is 20.3 Å². The van der Waals surface area contributed by atoms with Gasteiger partial charge in [0.2, 0.25) is 0 Å². The minimum Gasteiger partial charge on any atom is -0.387 e. The molecule has 0 saturated heterocycles. The second-order valence-electron chi connectivity index (χ2n) is 7.93. The number of anilines is 2. The lowest BCUT2D eigenvalue weighted by Crippen LogP contribution is -2.38. The van der Waals surface area contributed by atoms with Crippen molar-refractivity contribution in [3.05, 3.63) is 64.7 Å².